The van der Waals surface area contributed by atoms with Gasteiger partial charge < -0.3 is 20.7 Å². The minimum atomic E-state index is -0.295. The fourth-order valence-corrected chi connectivity index (χ4v) is 3.45. The van der Waals surface area contributed by atoms with Gasteiger partial charge in [-0.15, -0.1) is 0 Å². The number of para-hydroxylation sites is 1. The number of benzene rings is 2. The summed E-state index contributed by atoms with van der Waals surface area (Å²) in [7, 11) is 0. The van der Waals surface area contributed by atoms with E-state index in [1.807, 2.05) is 36.4 Å². The first kappa shape index (κ1) is 17.6. The summed E-state index contributed by atoms with van der Waals surface area (Å²) >= 11 is 6.46. The van der Waals surface area contributed by atoms with Crippen LogP contribution in [-0.4, -0.2) is 37.2 Å². The number of carbonyl (C=O) groups excluding carboxylic acids is 1. The van der Waals surface area contributed by atoms with Gasteiger partial charge in [0.05, 0.1) is 40.7 Å². The Hall–Kier alpha value is -2.83. The Morgan fingerprint density at radius 2 is 1.93 bits per heavy atom. The van der Waals surface area contributed by atoms with E-state index >= 15 is 0 Å². The van der Waals surface area contributed by atoms with E-state index in [1.54, 1.807) is 6.07 Å². The maximum Gasteiger partial charge on any atom is 0.259 e. The highest BCUT2D eigenvalue weighted by atomic mass is 35.5. The number of pyridine rings is 1. The van der Waals surface area contributed by atoms with Crippen LogP contribution in [-0.2, 0) is 4.74 Å². The topological polar surface area (TPSA) is 80.5 Å². The minimum Gasteiger partial charge on any atom is -0.397 e. The van der Waals surface area contributed by atoms with Crippen molar-refractivity contribution in [3.63, 3.8) is 0 Å². The van der Waals surface area contributed by atoms with Crippen molar-refractivity contribution in [3.05, 3.63) is 59.2 Å². The van der Waals surface area contributed by atoms with Gasteiger partial charge in [-0.05, 0) is 24.3 Å². The molecule has 0 saturated carbocycles. The second-order valence-corrected chi connectivity index (χ2v) is 6.73. The number of nitrogen functional groups attached to an aromatic ring is 1. The van der Waals surface area contributed by atoms with Gasteiger partial charge in [0.25, 0.3) is 5.91 Å². The highest BCUT2D eigenvalue weighted by Crippen LogP contribution is 2.34. The van der Waals surface area contributed by atoms with Crippen LogP contribution in [0.5, 0.6) is 0 Å². The van der Waals surface area contributed by atoms with E-state index in [2.05, 4.69) is 15.2 Å². The lowest BCUT2D eigenvalue weighted by Gasteiger charge is -2.30. The van der Waals surface area contributed by atoms with Gasteiger partial charge >= 0.3 is 0 Å². The van der Waals surface area contributed by atoms with E-state index < -0.39 is 0 Å². The van der Waals surface area contributed by atoms with E-state index in [0.29, 0.717) is 46.1 Å². The molecule has 0 unspecified atom stereocenters. The van der Waals surface area contributed by atoms with Gasteiger partial charge in [-0.25, -0.2) is 0 Å². The molecule has 6 nitrogen and oxygen atoms in total. The third kappa shape index (κ3) is 3.54. The fourth-order valence-electron chi connectivity index (χ4n) is 3.17. The zero-order chi connectivity index (χ0) is 18.8. The van der Waals surface area contributed by atoms with Crippen LogP contribution in [0.15, 0.2) is 48.7 Å². The van der Waals surface area contributed by atoms with Crippen LogP contribution < -0.4 is 16.0 Å². The summed E-state index contributed by atoms with van der Waals surface area (Å²) in [6.07, 6.45) is 1.49. The number of nitrogens with two attached hydrogens (primary N) is 1. The van der Waals surface area contributed by atoms with E-state index in [1.165, 1.54) is 6.20 Å². The molecule has 3 aromatic rings. The molecule has 1 amide bonds. The molecule has 2 heterocycles. The third-order valence-corrected chi connectivity index (χ3v) is 4.91. The Morgan fingerprint density at radius 1 is 1.19 bits per heavy atom. The molecule has 1 aliphatic rings. The van der Waals surface area contributed by atoms with Gasteiger partial charge in [-0.1, -0.05) is 29.8 Å². The summed E-state index contributed by atoms with van der Waals surface area (Å²) in [6, 6.07) is 12.9. The number of ether oxygens (including phenoxy) is 1. The summed E-state index contributed by atoms with van der Waals surface area (Å²) in [4.78, 5) is 19.2. The molecule has 7 heteroatoms. The van der Waals surface area contributed by atoms with Crippen LogP contribution in [0.1, 0.15) is 10.4 Å². The maximum atomic E-state index is 12.6. The van der Waals surface area contributed by atoms with Gasteiger partial charge in [-0.3, -0.25) is 9.78 Å². The van der Waals surface area contributed by atoms with Crippen molar-refractivity contribution in [2.45, 2.75) is 0 Å². The summed E-state index contributed by atoms with van der Waals surface area (Å²) < 4.78 is 5.40. The number of hydrogen-bond donors (Lipinski definition) is 2. The molecule has 0 spiro atoms. The molecule has 0 atom stereocenters. The number of hydrogen-bond acceptors (Lipinski definition) is 5. The summed E-state index contributed by atoms with van der Waals surface area (Å²) in [5.41, 5.74) is 9.29. The van der Waals surface area contributed by atoms with Crippen LogP contribution in [0.25, 0.3) is 10.9 Å². The van der Waals surface area contributed by atoms with Gasteiger partial charge in [0.1, 0.15) is 0 Å². The Bertz CT molecular complexity index is 988. The van der Waals surface area contributed by atoms with Crippen molar-refractivity contribution in [2.75, 3.05) is 42.3 Å². The average molecular weight is 383 g/mol. The number of carbonyl (C=O) groups is 1. The number of morpholine rings is 1. The largest absolute Gasteiger partial charge is 0.397 e. The zero-order valence-corrected chi connectivity index (χ0v) is 15.4. The Balaban J connectivity index is 1.71. The third-order valence-electron chi connectivity index (χ3n) is 4.61. The zero-order valence-electron chi connectivity index (χ0n) is 14.6. The first-order valence-electron chi connectivity index (χ1n) is 8.70. The second kappa shape index (κ2) is 7.42. The molecule has 27 heavy (non-hydrogen) atoms. The molecule has 0 bridgehead atoms. The van der Waals surface area contributed by atoms with Crippen LogP contribution in [0, 0.1) is 0 Å². The lowest BCUT2D eigenvalue weighted by Crippen LogP contribution is -2.36. The first-order chi connectivity index (χ1) is 13.1. The van der Waals surface area contributed by atoms with Crippen LogP contribution in [0.3, 0.4) is 0 Å². The van der Waals surface area contributed by atoms with Gasteiger partial charge in [0.2, 0.25) is 0 Å². The van der Waals surface area contributed by atoms with Crippen molar-refractivity contribution >= 4 is 45.5 Å². The molecule has 1 saturated heterocycles. The molecule has 138 valence electrons. The second-order valence-electron chi connectivity index (χ2n) is 6.33. The minimum absolute atomic E-state index is 0.295. The van der Waals surface area contributed by atoms with E-state index in [4.69, 9.17) is 22.1 Å². The number of fused-ring (bicyclic) bond motifs is 1. The van der Waals surface area contributed by atoms with Crippen LogP contribution in [0.2, 0.25) is 5.02 Å². The van der Waals surface area contributed by atoms with Crippen molar-refractivity contribution in [1.29, 1.82) is 0 Å². The van der Waals surface area contributed by atoms with Crippen LogP contribution in [0.4, 0.5) is 17.1 Å². The van der Waals surface area contributed by atoms with Crippen LogP contribution >= 0.6 is 11.6 Å². The number of halogens is 1. The first-order valence-corrected chi connectivity index (χ1v) is 9.08. The SMILES string of the molecule is Nc1c(C(=O)Nc2ccccc2)cnc2cc(Cl)c(N3CCOCC3)cc12. The van der Waals surface area contributed by atoms with Gasteiger partial charge in [-0.2, -0.15) is 0 Å². The van der Waals surface area contributed by atoms with Gasteiger partial charge in [0, 0.05) is 30.4 Å². The molecular formula is C20H19ClN4O2. The lowest BCUT2D eigenvalue weighted by atomic mass is 10.1. The fraction of sp³-hybridized carbons (Fsp3) is 0.200. The van der Waals surface area contributed by atoms with Crippen molar-refractivity contribution in [3.8, 4) is 0 Å². The summed E-state index contributed by atoms with van der Waals surface area (Å²) in [5, 5.41) is 4.16. The monoisotopic (exact) mass is 382 g/mol. The maximum absolute atomic E-state index is 12.6. The molecule has 3 N–H and O–H groups in total. The molecule has 1 fully saturated rings. The molecule has 4 rings (SSSR count). The number of nitrogens with one attached hydrogen (secondary N) is 1. The molecule has 2 aromatic carbocycles. The summed E-state index contributed by atoms with van der Waals surface area (Å²) in [5.74, 6) is -0.295. The van der Waals surface area contributed by atoms with E-state index in [-0.39, 0.29) is 5.91 Å². The van der Waals surface area contributed by atoms with E-state index in [0.717, 1.165) is 18.8 Å². The Labute approximate surface area is 161 Å². The smallest absolute Gasteiger partial charge is 0.259 e. The highest BCUT2D eigenvalue weighted by molar-refractivity contribution is 6.34. The number of nitrogens with zero attached hydrogens (tertiary/aromatic N) is 2. The molecule has 1 aliphatic heterocycles. The molecular weight excluding hydrogens is 364 g/mol. The highest BCUT2D eigenvalue weighted by Gasteiger charge is 2.19. The number of amides is 1. The van der Waals surface area contributed by atoms with Crippen molar-refractivity contribution in [1.82, 2.24) is 4.98 Å². The standard InChI is InChI=1S/C20H19ClN4O2/c21-16-11-17-14(10-18(16)25-6-8-27-9-7-25)19(22)15(12-23-17)20(26)24-13-4-2-1-3-5-13/h1-5,10-12H,6-9H2,(H2,22,23)(H,24,26). The van der Waals surface area contributed by atoms with Crippen molar-refractivity contribution < 1.29 is 9.53 Å². The predicted octanol–water partition coefficient (Wildman–Crippen LogP) is 3.56. The predicted molar refractivity (Wildman–Crippen MR) is 109 cm³/mol. The number of rotatable bonds is 3. The Kier molecular flexibility index (Phi) is 4.83. The quantitative estimate of drug-likeness (QED) is 0.724. The Morgan fingerprint density at radius 3 is 2.67 bits per heavy atom. The van der Waals surface area contributed by atoms with E-state index in [9.17, 15) is 4.79 Å². The molecule has 1 aromatic heterocycles. The van der Waals surface area contributed by atoms with Gasteiger partial charge in [0.15, 0.2) is 0 Å². The van der Waals surface area contributed by atoms with Crippen molar-refractivity contribution in [2.24, 2.45) is 0 Å². The number of anilines is 3. The normalized spacial score (nSPS) is 14.3. The number of aromatic nitrogens is 1. The lowest BCUT2D eigenvalue weighted by molar-refractivity contribution is 0.102. The molecule has 0 aliphatic carbocycles. The molecule has 0 radical (unpaired) electrons. The average Bonchev–Trinajstić information content (AvgIpc) is 2.69. The summed E-state index contributed by atoms with van der Waals surface area (Å²) in [6.45, 7) is 2.82.